The first-order chi connectivity index (χ1) is 16.0. The summed E-state index contributed by atoms with van der Waals surface area (Å²) < 4.78 is 10.7. The number of benzene rings is 3. The van der Waals surface area contributed by atoms with Crippen molar-refractivity contribution in [2.24, 2.45) is 0 Å². The number of hydrogen-bond donors (Lipinski definition) is 3. The van der Waals surface area contributed by atoms with Gasteiger partial charge in [-0.1, -0.05) is 29.8 Å². The maximum absolute atomic E-state index is 13.1. The van der Waals surface area contributed by atoms with Gasteiger partial charge in [0.1, 0.15) is 17.2 Å². The van der Waals surface area contributed by atoms with E-state index in [4.69, 9.17) is 21.1 Å². The lowest BCUT2D eigenvalue weighted by atomic mass is 10.1. The smallest absolute Gasteiger partial charge is 0.270 e. The predicted octanol–water partition coefficient (Wildman–Crippen LogP) is 5.02. The summed E-state index contributed by atoms with van der Waals surface area (Å²) in [7, 11) is 3.14. The van der Waals surface area contributed by atoms with Gasteiger partial charge in [0.05, 0.1) is 19.9 Å². The SMILES string of the molecule is COc1ccc(OC)c(CNC(=O)c2[nH]c3ccccc3c2NC(=O)c2ccc(Cl)cc2)c1. The molecule has 0 aliphatic carbocycles. The van der Waals surface area contributed by atoms with Crippen molar-refractivity contribution in [3.05, 3.63) is 88.6 Å². The van der Waals surface area contributed by atoms with Crippen LogP contribution in [0.4, 0.5) is 5.69 Å². The van der Waals surface area contributed by atoms with E-state index >= 15 is 0 Å². The molecule has 4 rings (SSSR count). The van der Waals surface area contributed by atoms with Crippen LogP contribution in [0.3, 0.4) is 0 Å². The second kappa shape index (κ2) is 9.67. The Bertz CT molecular complexity index is 1320. The molecule has 4 aromatic rings. The van der Waals surface area contributed by atoms with Gasteiger partial charge in [-0.3, -0.25) is 9.59 Å². The van der Waals surface area contributed by atoms with E-state index in [0.717, 1.165) is 16.5 Å². The molecule has 0 spiro atoms. The molecule has 0 fully saturated rings. The lowest BCUT2D eigenvalue weighted by molar-refractivity contribution is 0.0947. The lowest BCUT2D eigenvalue weighted by Gasteiger charge is -2.12. The highest BCUT2D eigenvalue weighted by Gasteiger charge is 2.20. The number of hydrogen-bond acceptors (Lipinski definition) is 4. The van der Waals surface area contributed by atoms with Gasteiger partial charge in [-0.25, -0.2) is 0 Å². The van der Waals surface area contributed by atoms with Gasteiger partial charge in [0.25, 0.3) is 11.8 Å². The number of carbonyl (C=O) groups is 2. The number of para-hydroxylation sites is 1. The van der Waals surface area contributed by atoms with Crippen molar-refractivity contribution >= 4 is 40.0 Å². The third kappa shape index (κ3) is 4.78. The van der Waals surface area contributed by atoms with Crippen LogP contribution in [0.2, 0.25) is 5.02 Å². The number of nitrogens with one attached hydrogen (secondary N) is 3. The molecule has 1 aromatic heterocycles. The fourth-order valence-electron chi connectivity index (χ4n) is 3.51. The topological polar surface area (TPSA) is 92.4 Å². The van der Waals surface area contributed by atoms with Gasteiger partial charge in [0, 0.05) is 33.6 Å². The zero-order valence-corrected chi connectivity index (χ0v) is 18.8. The first-order valence-electron chi connectivity index (χ1n) is 10.2. The number of halogens is 1. The highest BCUT2D eigenvalue weighted by Crippen LogP contribution is 2.29. The molecule has 168 valence electrons. The number of aromatic nitrogens is 1. The van der Waals surface area contributed by atoms with E-state index < -0.39 is 0 Å². The molecule has 0 aliphatic heterocycles. The molecule has 3 aromatic carbocycles. The summed E-state index contributed by atoms with van der Waals surface area (Å²) >= 11 is 5.92. The first-order valence-corrected chi connectivity index (χ1v) is 10.5. The molecule has 7 nitrogen and oxygen atoms in total. The minimum absolute atomic E-state index is 0.207. The molecule has 3 N–H and O–H groups in total. The van der Waals surface area contributed by atoms with Crippen LogP contribution in [-0.4, -0.2) is 31.0 Å². The van der Waals surface area contributed by atoms with Crippen LogP contribution in [0, 0.1) is 0 Å². The normalized spacial score (nSPS) is 10.6. The largest absolute Gasteiger partial charge is 0.497 e. The zero-order chi connectivity index (χ0) is 23.4. The molecule has 2 amide bonds. The Hall–Kier alpha value is -3.97. The molecule has 0 bridgehead atoms. The molecular weight excluding hydrogens is 442 g/mol. The lowest BCUT2D eigenvalue weighted by Crippen LogP contribution is -2.25. The summed E-state index contributed by atoms with van der Waals surface area (Å²) in [5.41, 5.74) is 2.57. The summed E-state index contributed by atoms with van der Waals surface area (Å²) in [6.07, 6.45) is 0. The highest BCUT2D eigenvalue weighted by atomic mass is 35.5. The van der Waals surface area contributed by atoms with Crippen LogP contribution in [0.5, 0.6) is 11.5 Å². The van der Waals surface area contributed by atoms with Gasteiger partial charge in [0.15, 0.2) is 0 Å². The average molecular weight is 464 g/mol. The molecule has 0 radical (unpaired) electrons. The third-order valence-corrected chi connectivity index (χ3v) is 5.46. The second-order valence-corrected chi connectivity index (χ2v) is 7.68. The van der Waals surface area contributed by atoms with Crippen molar-refractivity contribution < 1.29 is 19.1 Å². The molecule has 0 unspecified atom stereocenters. The van der Waals surface area contributed by atoms with Crippen molar-refractivity contribution in [1.82, 2.24) is 10.3 Å². The summed E-state index contributed by atoms with van der Waals surface area (Å²) in [6, 6.07) is 19.3. The van der Waals surface area contributed by atoms with Crippen molar-refractivity contribution in [2.75, 3.05) is 19.5 Å². The Morgan fingerprint density at radius 3 is 2.42 bits per heavy atom. The van der Waals surface area contributed by atoms with E-state index in [1.807, 2.05) is 24.3 Å². The van der Waals surface area contributed by atoms with E-state index in [9.17, 15) is 9.59 Å². The summed E-state index contributed by atoms with van der Waals surface area (Å²) in [5.74, 6) is 0.563. The molecule has 0 atom stereocenters. The molecule has 8 heteroatoms. The number of fused-ring (bicyclic) bond motifs is 1. The Morgan fingerprint density at radius 2 is 1.70 bits per heavy atom. The number of methoxy groups -OCH3 is 2. The second-order valence-electron chi connectivity index (χ2n) is 7.24. The Kier molecular flexibility index (Phi) is 6.51. The number of anilines is 1. The van der Waals surface area contributed by atoms with E-state index in [0.29, 0.717) is 27.8 Å². The van der Waals surface area contributed by atoms with Crippen LogP contribution in [0.25, 0.3) is 10.9 Å². The summed E-state index contributed by atoms with van der Waals surface area (Å²) in [6.45, 7) is 0.207. The van der Waals surface area contributed by atoms with E-state index in [1.165, 1.54) is 0 Å². The van der Waals surface area contributed by atoms with E-state index in [2.05, 4.69) is 15.6 Å². The standard InChI is InChI=1S/C25H22ClN3O4/c1-32-18-11-12-21(33-2)16(13-18)14-27-25(31)23-22(19-5-3-4-6-20(19)28-23)29-24(30)15-7-9-17(26)10-8-15/h3-13,28H,14H2,1-2H3,(H,27,31)(H,29,30). The summed E-state index contributed by atoms with van der Waals surface area (Å²) in [4.78, 5) is 29.1. The number of amides is 2. The third-order valence-electron chi connectivity index (χ3n) is 5.21. The predicted molar refractivity (Wildman–Crippen MR) is 128 cm³/mol. The number of aromatic amines is 1. The number of rotatable bonds is 7. The fourth-order valence-corrected chi connectivity index (χ4v) is 3.64. The minimum atomic E-state index is -0.373. The van der Waals surface area contributed by atoms with Gasteiger partial charge in [0.2, 0.25) is 0 Å². The van der Waals surface area contributed by atoms with E-state index in [1.54, 1.807) is 56.7 Å². The number of H-pyrrole nitrogens is 1. The number of ether oxygens (including phenoxy) is 2. The maximum Gasteiger partial charge on any atom is 0.270 e. The van der Waals surface area contributed by atoms with Crippen LogP contribution in [0.1, 0.15) is 26.4 Å². The van der Waals surface area contributed by atoms with Gasteiger partial charge in [-0.2, -0.15) is 0 Å². The van der Waals surface area contributed by atoms with Crippen molar-refractivity contribution in [1.29, 1.82) is 0 Å². The van der Waals surface area contributed by atoms with Crippen LogP contribution >= 0.6 is 11.6 Å². The summed E-state index contributed by atoms with van der Waals surface area (Å²) in [5, 5.41) is 7.02. The fraction of sp³-hybridized carbons (Fsp3) is 0.120. The first kappa shape index (κ1) is 22.2. The van der Waals surface area contributed by atoms with Gasteiger partial charge >= 0.3 is 0 Å². The van der Waals surface area contributed by atoms with Crippen LogP contribution in [-0.2, 0) is 6.54 Å². The molecule has 0 aliphatic rings. The van der Waals surface area contributed by atoms with Crippen molar-refractivity contribution in [3.8, 4) is 11.5 Å². The quantitative estimate of drug-likeness (QED) is 0.359. The van der Waals surface area contributed by atoms with Gasteiger partial charge in [-0.05, 0) is 48.5 Å². The van der Waals surface area contributed by atoms with Gasteiger partial charge < -0.3 is 25.1 Å². The molecule has 0 saturated heterocycles. The molecule has 33 heavy (non-hydrogen) atoms. The minimum Gasteiger partial charge on any atom is -0.497 e. The van der Waals surface area contributed by atoms with Crippen LogP contribution in [0.15, 0.2) is 66.7 Å². The van der Waals surface area contributed by atoms with Crippen molar-refractivity contribution in [3.63, 3.8) is 0 Å². The van der Waals surface area contributed by atoms with Crippen LogP contribution < -0.4 is 20.1 Å². The average Bonchev–Trinajstić information content (AvgIpc) is 3.21. The number of carbonyl (C=O) groups excluding carboxylic acids is 2. The Morgan fingerprint density at radius 1 is 0.939 bits per heavy atom. The monoisotopic (exact) mass is 463 g/mol. The molecule has 1 heterocycles. The molecular formula is C25H22ClN3O4. The Balaban J connectivity index is 1.61. The zero-order valence-electron chi connectivity index (χ0n) is 18.1. The van der Waals surface area contributed by atoms with Gasteiger partial charge in [-0.15, -0.1) is 0 Å². The maximum atomic E-state index is 13.1. The highest BCUT2D eigenvalue weighted by molar-refractivity contribution is 6.30. The molecule has 0 saturated carbocycles. The van der Waals surface area contributed by atoms with E-state index in [-0.39, 0.29) is 24.1 Å². The van der Waals surface area contributed by atoms with Crippen molar-refractivity contribution in [2.45, 2.75) is 6.54 Å². The Labute approximate surface area is 195 Å².